The number of benzene rings is 3. The molecule has 0 atom stereocenters. The first-order valence-electron chi connectivity index (χ1n) is 8.15. The standard InChI is InChI=1S/C20H18N2O4S/c1-14-10-12-15(13-11-14)21-20(23)22-18-8-4-2-6-16(18)17-7-3-5-9-19(17)27(24,25)26/h2-13H,1H3,(H2,21,22,23)(H,24,25,26). The Hall–Kier alpha value is -3.16. The van der Waals surface area contributed by atoms with E-state index in [4.69, 9.17) is 0 Å². The molecule has 0 aliphatic carbocycles. The van der Waals surface area contributed by atoms with Crippen LogP contribution in [0.1, 0.15) is 5.56 Å². The first-order chi connectivity index (χ1) is 12.8. The highest BCUT2D eigenvalue weighted by molar-refractivity contribution is 7.86. The molecule has 0 unspecified atom stereocenters. The van der Waals surface area contributed by atoms with Crippen LogP contribution in [-0.4, -0.2) is 19.0 Å². The highest BCUT2D eigenvalue weighted by Crippen LogP contribution is 2.32. The van der Waals surface area contributed by atoms with Crippen molar-refractivity contribution in [3.05, 3.63) is 78.4 Å². The maximum Gasteiger partial charge on any atom is 0.323 e. The molecule has 2 amide bonds. The second-order valence-electron chi connectivity index (χ2n) is 5.96. The fraction of sp³-hybridized carbons (Fsp3) is 0.0500. The number of nitrogens with one attached hydrogen (secondary N) is 2. The minimum Gasteiger partial charge on any atom is -0.308 e. The van der Waals surface area contributed by atoms with E-state index in [1.54, 1.807) is 48.5 Å². The van der Waals surface area contributed by atoms with Crippen molar-refractivity contribution in [2.45, 2.75) is 11.8 Å². The van der Waals surface area contributed by atoms with Crippen molar-refractivity contribution in [3.8, 4) is 11.1 Å². The van der Waals surface area contributed by atoms with E-state index in [2.05, 4.69) is 10.6 Å². The number of carbonyl (C=O) groups excluding carboxylic acids is 1. The van der Waals surface area contributed by atoms with Crippen molar-refractivity contribution in [2.24, 2.45) is 0 Å². The summed E-state index contributed by atoms with van der Waals surface area (Å²) in [7, 11) is -4.41. The Kier molecular flexibility index (Phi) is 5.25. The maximum atomic E-state index is 12.3. The van der Waals surface area contributed by atoms with E-state index in [1.807, 2.05) is 19.1 Å². The fourth-order valence-corrected chi connectivity index (χ4v) is 3.37. The van der Waals surface area contributed by atoms with E-state index in [0.29, 0.717) is 22.5 Å². The van der Waals surface area contributed by atoms with E-state index in [1.165, 1.54) is 12.1 Å². The Morgan fingerprint density at radius 3 is 2.07 bits per heavy atom. The number of rotatable bonds is 4. The van der Waals surface area contributed by atoms with Gasteiger partial charge in [-0.1, -0.05) is 54.1 Å². The van der Waals surface area contributed by atoms with E-state index in [0.717, 1.165) is 5.56 Å². The third-order valence-electron chi connectivity index (χ3n) is 3.94. The Bertz CT molecular complexity index is 1080. The molecule has 3 rings (SSSR count). The second kappa shape index (κ2) is 7.61. The van der Waals surface area contributed by atoms with Crippen molar-refractivity contribution in [1.82, 2.24) is 0 Å². The Morgan fingerprint density at radius 2 is 1.41 bits per heavy atom. The van der Waals surface area contributed by atoms with Gasteiger partial charge in [0.1, 0.15) is 4.90 Å². The van der Waals surface area contributed by atoms with Crippen LogP contribution in [0.25, 0.3) is 11.1 Å². The minimum absolute atomic E-state index is 0.224. The second-order valence-corrected chi connectivity index (χ2v) is 7.35. The molecule has 0 aromatic heterocycles. The zero-order chi connectivity index (χ0) is 19.4. The summed E-state index contributed by atoms with van der Waals surface area (Å²) in [5, 5.41) is 5.45. The predicted molar refractivity (Wildman–Crippen MR) is 106 cm³/mol. The Labute approximate surface area is 157 Å². The summed E-state index contributed by atoms with van der Waals surface area (Å²) < 4.78 is 32.9. The van der Waals surface area contributed by atoms with E-state index >= 15 is 0 Å². The molecule has 0 bridgehead atoms. The van der Waals surface area contributed by atoms with Crippen LogP contribution >= 0.6 is 0 Å². The molecule has 7 heteroatoms. The highest BCUT2D eigenvalue weighted by atomic mass is 32.2. The van der Waals surface area contributed by atoms with Gasteiger partial charge in [-0.15, -0.1) is 0 Å². The lowest BCUT2D eigenvalue weighted by molar-refractivity contribution is 0.262. The van der Waals surface area contributed by atoms with Crippen molar-refractivity contribution in [3.63, 3.8) is 0 Å². The van der Waals surface area contributed by atoms with Gasteiger partial charge in [-0.05, 0) is 31.2 Å². The first-order valence-corrected chi connectivity index (χ1v) is 9.59. The van der Waals surface area contributed by atoms with Gasteiger partial charge in [0, 0.05) is 16.8 Å². The lowest BCUT2D eigenvalue weighted by Crippen LogP contribution is -2.19. The van der Waals surface area contributed by atoms with Gasteiger partial charge in [-0.2, -0.15) is 8.42 Å². The topological polar surface area (TPSA) is 95.5 Å². The van der Waals surface area contributed by atoms with Gasteiger partial charge < -0.3 is 10.6 Å². The SMILES string of the molecule is Cc1ccc(NC(=O)Nc2ccccc2-c2ccccc2S(=O)(=O)O)cc1. The number of para-hydroxylation sites is 1. The number of anilines is 2. The molecule has 3 N–H and O–H groups in total. The Balaban J connectivity index is 1.91. The van der Waals surface area contributed by atoms with Crippen LogP contribution < -0.4 is 10.6 Å². The fourth-order valence-electron chi connectivity index (χ4n) is 2.66. The van der Waals surface area contributed by atoms with E-state index < -0.39 is 16.1 Å². The molecular formula is C20H18N2O4S. The smallest absolute Gasteiger partial charge is 0.308 e. The largest absolute Gasteiger partial charge is 0.323 e. The molecule has 27 heavy (non-hydrogen) atoms. The summed E-state index contributed by atoms with van der Waals surface area (Å²) in [6, 6.07) is 19.7. The van der Waals surface area contributed by atoms with Crippen LogP contribution in [0.3, 0.4) is 0 Å². The molecule has 0 saturated heterocycles. The van der Waals surface area contributed by atoms with Gasteiger partial charge in [0.05, 0.1) is 5.69 Å². The zero-order valence-corrected chi connectivity index (χ0v) is 15.3. The van der Waals surface area contributed by atoms with Crippen LogP contribution in [0, 0.1) is 6.92 Å². The normalized spacial score (nSPS) is 11.0. The number of hydrogen-bond donors (Lipinski definition) is 3. The summed E-state index contributed by atoms with van der Waals surface area (Å²) in [6.07, 6.45) is 0. The summed E-state index contributed by atoms with van der Waals surface area (Å²) >= 11 is 0. The van der Waals surface area contributed by atoms with Crippen molar-refractivity contribution < 1.29 is 17.8 Å². The molecular weight excluding hydrogens is 364 g/mol. The minimum atomic E-state index is -4.41. The van der Waals surface area contributed by atoms with E-state index in [-0.39, 0.29) is 4.90 Å². The molecule has 0 spiro atoms. The molecule has 0 fully saturated rings. The zero-order valence-electron chi connectivity index (χ0n) is 14.5. The van der Waals surface area contributed by atoms with Crippen molar-refractivity contribution in [2.75, 3.05) is 10.6 Å². The van der Waals surface area contributed by atoms with Gasteiger partial charge in [-0.25, -0.2) is 4.79 Å². The van der Waals surface area contributed by atoms with Gasteiger partial charge in [0.25, 0.3) is 10.1 Å². The predicted octanol–water partition coefficient (Wildman–Crippen LogP) is 4.55. The maximum absolute atomic E-state index is 12.3. The van der Waals surface area contributed by atoms with Gasteiger partial charge in [0.2, 0.25) is 0 Å². The number of aryl methyl sites for hydroxylation is 1. The lowest BCUT2D eigenvalue weighted by atomic mass is 10.0. The third-order valence-corrected chi connectivity index (χ3v) is 4.85. The lowest BCUT2D eigenvalue weighted by Gasteiger charge is -2.14. The van der Waals surface area contributed by atoms with Gasteiger partial charge >= 0.3 is 6.03 Å². The van der Waals surface area contributed by atoms with Crippen LogP contribution in [0.4, 0.5) is 16.2 Å². The summed E-state index contributed by atoms with van der Waals surface area (Å²) in [5.74, 6) is 0. The van der Waals surface area contributed by atoms with Crippen LogP contribution in [0.2, 0.25) is 0 Å². The van der Waals surface area contributed by atoms with E-state index in [9.17, 15) is 17.8 Å². The summed E-state index contributed by atoms with van der Waals surface area (Å²) in [6.45, 7) is 1.95. The molecule has 0 aliphatic heterocycles. The molecule has 0 aliphatic rings. The molecule has 6 nitrogen and oxygen atoms in total. The molecule has 0 saturated carbocycles. The molecule has 3 aromatic carbocycles. The molecule has 3 aromatic rings. The number of amides is 2. The van der Waals surface area contributed by atoms with Crippen molar-refractivity contribution in [1.29, 1.82) is 0 Å². The summed E-state index contributed by atoms with van der Waals surface area (Å²) in [4.78, 5) is 12.1. The van der Waals surface area contributed by atoms with Crippen molar-refractivity contribution >= 4 is 27.5 Å². The van der Waals surface area contributed by atoms with Gasteiger partial charge in [-0.3, -0.25) is 4.55 Å². The van der Waals surface area contributed by atoms with Crippen LogP contribution in [0.5, 0.6) is 0 Å². The molecule has 0 heterocycles. The number of carbonyl (C=O) groups is 1. The average Bonchev–Trinajstić information content (AvgIpc) is 2.63. The van der Waals surface area contributed by atoms with Gasteiger partial charge in [0.15, 0.2) is 0 Å². The molecule has 138 valence electrons. The first kappa shape index (κ1) is 18.6. The number of urea groups is 1. The third kappa shape index (κ3) is 4.52. The number of hydrogen-bond acceptors (Lipinski definition) is 3. The van der Waals surface area contributed by atoms with Crippen LogP contribution in [-0.2, 0) is 10.1 Å². The highest BCUT2D eigenvalue weighted by Gasteiger charge is 2.18. The Morgan fingerprint density at radius 1 is 0.815 bits per heavy atom. The molecule has 0 radical (unpaired) electrons. The van der Waals surface area contributed by atoms with Crippen LogP contribution in [0.15, 0.2) is 77.7 Å². The summed E-state index contributed by atoms with van der Waals surface area (Å²) in [5.41, 5.74) is 2.90. The quantitative estimate of drug-likeness (QED) is 0.577. The monoisotopic (exact) mass is 382 g/mol. The average molecular weight is 382 g/mol.